The molecule has 0 saturated carbocycles. The Bertz CT molecular complexity index is 717. The molecule has 1 heterocycles. The summed E-state index contributed by atoms with van der Waals surface area (Å²) in [6.07, 6.45) is 5.53. The first-order valence-corrected chi connectivity index (χ1v) is 5.99. The quantitative estimate of drug-likeness (QED) is 0.706. The van der Waals surface area contributed by atoms with Crippen molar-refractivity contribution in [3.63, 3.8) is 0 Å². The molecule has 2 heteroatoms. The summed E-state index contributed by atoms with van der Waals surface area (Å²) in [7, 11) is 0. The third kappa shape index (κ3) is 1.81. The number of benzene rings is 2. The molecule has 19 heavy (non-hydrogen) atoms. The molecule has 3 rings (SSSR count). The second-order valence-electron chi connectivity index (χ2n) is 4.37. The van der Waals surface area contributed by atoms with Crippen LogP contribution in [-0.2, 0) is 5.60 Å². The smallest absolute Gasteiger partial charge is 0.209 e. The lowest BCUT2D eigenvalue weighted by Crippen LogP contribution is -2.24. The first-order valence-electron chi connectivity index (χ1n) is 5.99. The molecule has 1 N–H and O–H groups in total. The number of furan rings is 1. The van der Waals surface area contributed by atoms with Gasteiger partial charge in [-0.3, -0.25) is 0 Å². The lowest BCUT2D eigenvalue weighted by Gasteiger charge is -2.19. The normalized spacial score (nSPS) is 13.9. The van der Waals surface area contributed by atoms with Gasteiger partial charge in [-0.2, -0.15) is 0 Å². The molecule has 1 atom stereocenters. The van der Waals surface area contributed by atoms with E-state index in [1.807, 2.05) is 42.5 Å². The molecule has 2 nitrogen and oxygen atoms in total. The lowest BCUT2D eigenvalue weighted by molar-refractivity contribution is 0.120. The molecule has 2 aromatic carbocycles. The molecular formula is C17H12O2. The zero-order valence-corrected chi connectivity index (χ0v) is 10.2. The van der Waals surface area contributed by atoms with E-state index >= 15 is 0 Å². The van der Waals surface area contributed by atoms with E-state index in [9.17, 15) is 5.11 Å². The summed E-state index contributed by atoms with van der Waals surface area (Å²) in [5.74, 6) is 2.80. The lowest BCUT2D eigenvalue weighted by atomic mass is 9.92. The fourth-order valence-corrected chi connectivity index (χ4v) is 2.14. The number of hydrogen-bond donors (Lipinski definition) is 1. The minimum absolute atomic E-state index is 0.363. The maximum atomic E-state index is 10.7. The summed E-state index contributed by atoms with van der Waals surface area (Å²) in [5.41, 5.74) is -0.209. The van der Waals surface area contributed by atoms with Crippen molar-refractivity contribution in [2.45, 2.75) is 5.60 Å². The van der Waals surface area contributed by atoms with Crippen LogP contribution in [0.4, 0.5) is 0 Å². The van der Waals surface area contributed by atoms with Gasteiger partial charge in [0.15, 0.2) is 5.76 Å². The Morgan fingerprint density at radius 3 is 2.37 bits per heavy atom. The van der Waals surface area contributed by atoms with Gasteiger partial charge in [-0.1, -0.05) is 54.5 Å². The number of terminal acetylenes is 1. The molecule has 0 bridgehead atoms. The largest absolute Gasteiger partial charge is 0.457 e. The third-order valence-corrected chi connectivity index (χ3v) is 3.18. The van der Waals surface area contributed by atoms with Crippen LogP contribution in [0.1, 0.15) is 11.3 Å². The van der Waals surface area contributed by atoms with Crippen molar-refractivity contribution in [3.05, 3.63) is 72.0 Å². The van der Waals surface area contributed by atoms with Crippen LogP contribution in [-0.4, -0.2) is 5.11 Å². The molecule has 0 aliphatic heterocycles. The van der Waals surface area contributed by atoms with Crippen molar-refractivity contribution >= 4 is 11.0 Å². The highest BCUT2D eigenvalue weighted by Crippen LogP contribution is 2.32. The van der Waals surface area contributed by atoms with E-state index in [1.54, 1.807) is 18.2 Å². The van der Waals surface area contributed by atoms with Crippen LogP contribution in [0.5, 0.6) is 0 Å². The van der Waals surface area contributed by atoms with Crippen LogP contribution in [0.25, 0.3) is 11.0 Å². The first kappa shape index (κ1) is 11.6. The van der Waals surface area contributed by atoms with Crippen LogP contribution in [0.3, 0.4) is 0 Å². The van der Waals surface area contributed by atoms with Gasteiger partial charge in [0.1, 0.15) is 5.58 Å². The standard InChI is InChI=1S/C17H12O2/c1-2-17(18,14-9-4-3-5-10-14)16-12-13-8-6-7-11-15(13)19-16/h1,3-12,18H. The van der Waals surface area contributed by atoms with E-state index in [1.165, 1.54) is 0 Å². The zero-order valence-electron chi connectivity index (χ0n) is 10.2. The Labute approximate surface area is 111 Å². The molecule has 92 valence electrons. The summed E-state index contributed by atoms with van der Waals surface area (Å²) in [4.78, 5) is 0. The molecule has 1 unspecified atom stereocenters. The molecule has 0 aliphatic carbocycles. The average molecular weight is 248 g/mol. The van der Waals surface area contributed by atoms with E-state index < -0.39 is 5.60 Å². The summed E-state index contributed by atoms with van der Waals surface area (Å²) < 4.78 is 5.69. The molecule has 3 aromatic rings. The second-order valence-corrected chi connectivity index (χ2v) is 4.37. The number of para-hydroxylation sites is 1. The SMILES string of the molecule is C#CC(O)(c1ccccc1)c1cc2ccccc2o1. The molecule has 0 saturated heterocycles. The van der Waals surface area contributed by atoms with Gasteiger partial charge >= 0.3 is 0 Å². The number of aliphatic hydroxyl groups is 1. The maximum Gasteiger partial charge on any atom is 0.209 e. The molecule has 1 aromatic heterocycles. The van der Waals surface area contributed by atoms with Crippen LogP contribution < -0.4 is 0 Å². The van der Waals surface area contributed by atoms with Crippen LogP contribution in [0.2, 0.25) is 0 Å². The topological polar surface area (TPSA) is 33.4 Å². The number of rotatable bonds is 2. The van der Waals surface area contributed by atoms with Gasteiger partial charge in [0.25, 0.3) is 0 Å². The molecule has 0 amide bonds. The van der Waals surface area contributed by atoms with Crippen molar-refractivity contribution in [2.24, 2.45) is 0 Å². The fraction of sp³-hybridized carbons (Fsp3) is 0.0588. The maximum absolute atomic E-state index is 10.7. The Morgan fingerprint density at radius 1 is 1.00 bits per heavy atom. The predicted octanol–water partition coefficient (Wildman–Crippen LogP) is 3.30. The van der Waals surface area contributed by atoms with E-state index in [0.29, 0.717) is 16.9 Å². The van der Waals surface area contributed by atoms with E-state index in [2.05, 4.69) is 5.92 Å². The Morgan fingerprint density at radius 2 is 1.68 bits per heavy atom. The van der Waals surface area contributed by atoms with Gasteiger partial charge in [-0.15, -0.1) is 6.42 Å². The molecule has 0 aliphatic rings. The Kier molecular flexibility index (Phi) is 2.63. The summed E-state index contributed by atoms with van der Waals surface area (Å²) in [6, 6.07) is 18.5. The van der Waals surface area contributed by atoms with E-state index in [0.717, 1.165) is 5.39 Å². The van der Waals surface area contributed by atoms with Gasteiger partial charge in [-0.25, -0.2) is 0 Å². The van der Waals surface area contributed by atoms with E-state index in [4.69, 9.17) is 10.8 Å². The molecule has 0 radical (unpaired) electrons. The molecule has 0 fully saturated rings. The minimum Gasteiger partial charge on any atom is -0.457 e. The van der Waals surface area contributed by atoms with Gasteiger partial charge in [0.05, 0.1) is 0 Å². The summed E-state index contributed by atoms with van der Waals surface area (Å²) in [6.45, 7) is 0. The molecular weight excluding hydrogens is 236 g/mol. The van der Waals surface area contributed by atoms with E-state index in [-0.39, 0.29) is 0 Å². The minimum atomic E-state index is -1.54. The van der Waals surface area contributed by atoms with Gasteiger partial charge in [-0.05, 0) is 12.1 Å². The van der Waals surface area contributed by atoms with Crippen molar-refractivity contribution < 1.29 is 9.52 Å². The first-order chi connectivity index (χ1) is 9.24. The van der Waals surface area contributed by atoms with Gasteiger partial charge in [0, 0.05) is 10.9 Å². The fourth-order valence-electron chi connectivity index (χ4n) is 2.14. The third-order valence-electron chi connectivity index (χ3n) is 3.18. The van der Waals surface area contributed by atoms with Crippen molar-refractivity contribution in [1.82, 2.24) is 0 Å². The second kappa shape index (κ2) is 4.31. The highest BCUT2D eigenvalue weighted by Gasteiger charge is 2.32. The Hall–Kier alpha value is -2.50. The number of fused-ring (bicyclic) bond motifs is 1. The Balaban J connectivity index is 2.20. The molecule has 0 spiro atoms. The van der Waals surface area contributed by atoms with Crippen molar-refractivity contribution in [2.75, 3.05) is 0 Å². The van der Waals surface area contributed by atoms with Gasteiger partial charge in [0.2, 0.25) is 5.60 Å². The van der Waals surface area contributed by atoms with Gasteiger partial charge < -0.3 is 9.52 Å². The average Bonchev–Trinajstić information content (AvgIpc) is 2.92. The monoisotopic (exact) mass is 248 g/mol. The van der Waals surface area contributed by atoms with Crippen LogP contribution >= 0.6 is 0 Å². The summed E-state index contributed by atoms with van der Waals surface area (Å²) >= 11 is 0. The zero-order chi connectivity index (χ0) is 13.3. The van der Waals surface area contributed by atoms with Crippen LogP contribution in [0, 0.1) is 12.3 Å². The van der Waals surface area contributed by atoms with Crippen LogP contribution in [0.15, 0.2) is 65.1 Å². The van der Waals surface area contributed by atoms with Crippen molar-refractivity contribution in [3.8, 4) is 12.3 Å². The highest BCUT2D eigenvalue weighted by molar-refractivity contribution is 5.78. The highest BCUT2D eigenvalue weighted by atomic mass is 16.4. The van der Waals surface area contributed by atoms with Crippen molar-refractivity contribution in [1.29, 1.82) is 0 Å². The predicted molar refractivity (Wildman–Crippen MR) is 74.5 cm³/mol. The summed E-state index contributed by atoms with van der Waals surface area (Å²) in [5, 5.41) is 11.7. The number of hydrogen-bond acceptors (Lipinski definition) is 2.